The highest BCUT2D eigenvalue weighted by molar-refractivity contribution is 7.10. The van der Waals surface area contributed by atoms with E-state index in [0.29, 0.717) is 11.6 Å². The van der Waals surface area contributed by atoms with Crippen LogP contribution in [0.2, 0.25) is 0 Å². The molecule has 0 radical (unpaired) electrons. The van der Waals surface area contributed by atoms with Crippen LogP contribution in [0.3, 0.4) is 0 Å². The zero-order valence-corrected chi connectivity index (χ0v) is 12.5. The fourth-order valence-electron chi connectivity index (χ4n) is 1.68. The summed E-state index contributed by atoms with van der Waals surface area (Å²) in [6.07, 6.45) is 1.57. The number of hydrogen-bond acceptors (Lipinski definition) is 4. The first-order chi connectivity index (χ1) is 9.61. The lowest BCUT2D eigenvalue weighted by Gasteiger charge is -2.24. The molecule has 0 fully saturated rings. The topological polar surface area (TPSA) is 54.5 Å². The van der Waals surface area contributed by atoms with E-state index in [9.17, 15) is 4.79 Å². The summed E-state index contributed by atoms with van der Waals surface area (Å²) >= 11 is 1.64. The Morgan fingerprint density at radius 1 is 1.45 bits per heavy atom. The first-order valence-corrected chi connectivity index (χ1v) is 7.07. The minimum absolute atomic E-state index is 0.0289. The zero-order valence-electron chi connectivity index (χ0n) is 11.7. The predicted molar refractivity (Wildman–Crippen MR) is 80.3 cm³/mol. The lowest BCUT2D eigenvalue weighted by molar-refractivity contribution is 0.209. The fourth-order valence-corrected chi connectivity index (χ4v) is 2.51. The van der Waals surface area contributed by atoms with Gasteiger partial charge in [0.05, 0.1) is 25.0 Å². The van der Waals surface area contributed by atoms with Crippen molar-refractivity contribution in [3.63, 3.8) is 0 Å². The highest BCUT2D eigenvalue weighted by Gasteiger charge is 2.18. The summed E-state index contributed by atoms with van der Waals surface area (Å²) in [5, 5.41) is 4.81. The molecule has 2 aromatic rings. The second-order valence-electron chi connectivity index (χ2n) is 4.32. The van der Waals surface area contributed by atoms with Crippen LogP contribution in [0.5, 0.6) is 5.88 Å². The molecule has 0 aliphatic heterocycles. The molecule has 5 nitrogen and oxygen atoms in total. The Labute approximate surface area is 122 Å². The van der Waals surface area contributed by atoms with E-state index < -0.39 is 0 Å². The smallest absolute Gasteiger partial charge is 0.322 e. The van der Waals surface area contributed by atoms with Crippen molar-refractivity contribution in [3.8, 4) is 5.88 Å². The highest BCUT2D eigenvalue weighted by atomic mass is 32.1. The lowest BCUT2D eigenvalue weighted by Crippen LogP contribution is -2.33. The van der Waals surface area contributed by atoms with E-state index in [1.165, 1.54) is 0 Å². The van der Waals surface area contributed by atoms with Crippen molar-refractivity contribution in [1.29, 1.82) is 0 Å². The monoisotopic (exact) mass is 291 g/mol. The van der Waals surface area contributed by atoms with Crippen molar-refractivity contribution in [2.75, 3.05) is 19.5 Å². The van der Waals surface area contributed by atoms with Gasteiger partial charge in [0, 0.05) is 18.0 Å². The number of pyridine rings is 1. The van der Waals surface area contributed by atoms with Crippen molar-refractivity contribution in [2.24, 2.45) is 0 Å². The van der Waals surface area contributed by atoms with Gasteiger partial charge >= 0.3 is 6.03 Å². The molecule has 0 saturated carbocycles. The number of thiophene rings is 1. The number of urea groups is 1. The number of rotatable bonds is 4. The van der Waals surface area contributed by atoms with Gasteiger partial charge in [-0.15, -0.1) is 11.3 Å². The van der Waals surface area contributed by atoms with Gasteiger partial charge < -0.3 is 15.0 Å². The largest absolute Gasteiger partial charge is 0.481 e. The summed E-state index contributed by atoms with van der Waals surface area (Å²) in [6, 6.07) is 7.33. The van der Waals surface area contributed by atoms with Crippen molar-refractivity contribution >= 4 is 23.1 Å². The SMILES string of the molecule is COc1ccc(NC(=O)N(C)[C@H](C)c2cccs2)cn1. The zero-order chi connectivity index (χ0) is 14.5. The molecule has 0 unspecified atom stereocenters. The fraction of sp³-hybridized carbons (Fsp3) is 0.286. The Morgan fingerprint density at radius 2 is 2.25 bits per heavy atom. The third-order valence-corrected chi connectivity index (χ3v) is 4.10. The summed E-state index contributed by atoms with van der Waals surface area (Å²) in [4.78, 5) is 19.0. The molecule has 0 aliphatic rings. The van der Waals surface area contributed by atoms with Crippen molar-refractivity contribution < 1.29 is 9.53 Å². The molecule has 0 saturated heterocycles. The maximum absolute atomic E-state index is 12.2. The van der Waals surface area contributed by atoms with Crippen LogP contribution in [-0.4, -0.2) is 30.1 Å². The number of carbonyl (C=O) groups excluding carboxylic acids is 1. The summed E-state index contributed by atoms with van der Waals surface area (Å²) in [7, 11) is 3.33. The number of carbonyl (C=O) groups is 1. The van der Waals surface area contributed by atoms with Crippen LogP contribution in [0, 0.1) is 0 Å². The van der Waals surface area contributed by atoms with Crippen molar-refractivity contribution in [3.05, 3.63) is 40.7 Å². The van der Waals surface area contributed by atoms with Crippen LogP contribution in [-0.2, 0) is 0 Å². The van der Waals surface area contributed by atoms with Gasteiger partial charge in [-0.3, -0.25) is 0 Å². The quantitative estimate of drug-likeness (QED) is 0.939. The first-order valence-electron chi connectivity index (χ1n) is 6.19. The molecular formula is C14H17N3O2S. The second kappa shape index (κ2) is 6.38. The van der Waals surface area contributed by atoms with Gasteiger partial charge in [-0.25, -0.2) is 9.78 Å². The van der Waals surface area contributed by atoms with Gasteiger partial charge in [-0.1, -0.05) is 6.07 Å². The molecule has 6 heteroatoms. The molecule has 0 aromatic carbocycles. The van der Waals surface area contributed by atoms with Crippen LogP contribution in [0.15, 0.2) is 35.8 Å². The van der Waals surface area contributed by atoms with E-state index in [1.54, 1.807) is 48.7 Å². The molecule has 2 rings (SSSR count). The second-order valence-corrected chi connectivity index (χ2v) is 5.30. The summed E-state index contributed by atoms with van der Waals surface area (Å²) in [5.41, 5.74) is 0.640. The summed E-state index contributed by atoms with van der Waals surface area (Å²) in [6.45, 7) is 2.00. The normalized spacial score (nSPS) is 11.8. The van der Waals surface area contributed by atoms with Gasteiger partial charge in [0.25, 0.3) is 0 Å². The van der Waals surface area contributed by atoms with E-state index >= 15 is 0 Å². The standard InChI is InChI=1S/C14H17N3O2S/c1-10(12-5-4-8-20-12)17(2)14(18)16-11-6-7-13(19-3)15-9-11/h4-10H,1-3H3,(H,16,18)/t10-/m1/s1. The van der Waals surface area contributed by atoms with Gasteiger partial charge in [0.2, 0.25) is 5.88 Å². The van der Waals surface area contributed by atoms with E-state index in [-0.39, 0.29) is 12.1 Å². The van der Waals surface area contributed by atoms with Crippen LogP contribution in [0.1, 0.15) is 17.8 Å². The Morgan fingerprint density at radius 3 is 2.80 bits per heavy atom. The Balaban J connectivity index is 2.00. The van der Waals surface area contributed by atoms with Crippen LogP contribution in [0.25, 0.3) is 0 Å². The molecule has 1 atom stereocenters. The van der Waals surface area contributed by atoms with Crippen molar-refractivity contribution in [2.45, 2.75) is 13.0 Å². The van der Waals surface area contributed by atoms with Crippen LogP contribution < -0.4 is 10.1 Å². The van der Waals surface area contributed by atoms with Gasteiger partial charge in [-0.2, -0.15) is 0 Å². The maximum atomic E-state index is 12.2. The number of nitrogens with one attached hydrogen (secondary N) is 1. The summed E-state index contributed by atoms with van der Waals surface area (Å²) < 4.78 is 4.98. The minimum Gasteiger partial charge on any atom is -0.481 e. The van der Waals surface area contributed by atoms with E-state index in [0.717, 1.165) is 4.88 Å². The number of aromatic nitrogens is 1. The molecular weight excluding hydrogens is 274 g/mol. The molecule has 2 amide bonds. The lowest BCUT2D eigenvalue weighted by atomic mass is 10.2. The number of anilines is 1. The average Bonchev–Trinajstić information content (AvgIpc) is 3.00. The predicted octanol–water partition coefficient (Wildman–Crippen LogP) is 3.38. The molecule has 106 valence electrons. The van der Waals surface area contributed by atoms with Crippen molar-refractivity contribution in [1.82, 2.24) is 9.88 Å². The van der Waals surface area contributed by atoms with E-state index in [1.807, 2.05) is 24.4 Å². The van der Waals surface area contributed by atoms with Crippen LogP contribution in [0.4, 0.5) is 10.5 Å². The highest BCUT2D eigenvalue weighted by Crippen LogP contribution is 2.24. The Kier molecular flexibility index (Phi) is 4.57. The maximum Gasteiger partial charge on any atom is 0.322 e. The molecule has 0 spiro atoms. The molecule has 0 aliphatic carbocycles. The third kappa shape index (κ3) is 3.27. The average molecular weight is 291 g/mol. The van der Waals surface area contributed by atoms with E-state index in [4.69, 9.17) is 4.74 Å². The molecule has 2 aromatic heterocycles. The number of ether oxygens (including phenoxy) is 1. The first kappa shape index (κ1) is 14.3. The number of methoxy groups -OCH3 is 1. The Bertz CT molecular complexity index is 554. The number of hydrogen-bond donors (Lipinski definition) is 1. The molecule has 2 heterocycles. The molecule has 20 heavy (non-hydrogen) atoms. The third-order valence-electron chi connectivity index (χ3n) is 3.05. The van der Waals surface area contributed by atoms with Gasteiger partial charge in [0.15, 0.2) is 0 Å². The minimum atomic E-state index is -0.169. The van der Waals surface area contributed by atoms with Gasteiger partial charge in [0.1, 0.15) is 0 Å². The van der Waals surface area contributed by atoms with E-state index in [2.05, 4.69) is 10.3 Å². The van der Waals surface area contributed by atoms with Crippen LogP contribution >= 0.6 is 11.3 Å². The summed E-state index contributed by atoms with van der Waals surface area (Å²) in [5.74, 6) is 0.517. The van der Waals surface area contributed by atoms with Gasteiger partial charge in [-0.05, 0) is 24.4 Å². The Hall–Kier alpha value is -2.08. The molecule has 0 bridgehead atoms. The number of nitrogens with zero attached hydrogens (tertiary/aromatic N) is 2. The molecule has 1 N–H and O–H groups in total. The number of amides is 2.